The third-order valence-corrected chi connectivity index (χ3v) is 3.88. The van der Waals surface area contributed by atoms with E-state index in [2.05, 4.69) is 10.2 Å². The summed E-state index contributed by atoms with van der Waals surface area (Å²) in [4.78, 5) is 10.9. The van der Waals surface area contributed by atoms with Gasteiger partial charge in [0.05, 0.1) is 0 Å². The van der Waals surface area contributed by atoms with Crippen molar-refractivity contribution in [3.63, 3.8) is 0 Å². The minimum Gasteiger partial charge on any atom is -0.368 e. The number of aromatic nitrogens is 2. The van der Waals surface area contributed by atoms with Gasteiger partial charge in [-0.3, -0.25) is 4.79 Å². The van der Waals surface area contributed by atoms with Crippen LogP contribution in [0.15, 0.2) is 4.34 Å². The minimum absolute atomic E-state index is 0.414. The molecule has 1 amide bonds. The molecular weight excluding hydrogens is 220 g/mol. The van der Waals surface area contributed by atoms with Crippen molar-refractivity contribution in [1.29, 1.82) is 0 Å². The average molecular weight is 232 g/mol. The fourth-order valence-corrected chi connectivity index (χ4v) is 2.47. The van der Waals surface area contributed by atoms with Crippen LogP contribution in [0.25, 0.3) is 0 Å². The van der Waals surface area contributed by atoms with Crippen LogP contribution in [0.4, 0.5) is 0 Å². The zero-order valence-corrected chi connectivity index (χ0v) is 9.61. The molecule has 4 N–H and O–H groups in total. The Morgan fingerprint density at radius 2 is 2.29 bits per heavy atom. The van der Waals surface area contributed by atoms with Crippen LogP contribution >= 0.6 is 23.1 Å². The van der Waals surface area contributed by atoms with Gasteiger partial charge in [-0.05, 0) is 13.8 Å². The molecule has 5 nitrogen and oxygen atoms in total. The number of hydrogen-bond donors (Lipinski definition) is 2. The Morgan fingerprint density at radius 1 is 1.64 bits per heavy atom. The number of amides is 1. The number of nitrogens with two attached hydrogens (primary N) is 2. The number of carbonyl (C=O) groups excluding carboxylic acids is 1. The lowest BCUT2D eigenvalue weighted by Gasteiger charge is -2.18. The summed E-state index contributed by atoms with van der Waals surface area (Å²) in [5.74, 6) is -0.0945. The zero-order chi connectivity index (χ0) is 10.8. The maximum atomic E-state index is 10.9. The highest BCUT2D eigenvalue weighted by Crippen LogP contribution is 2.24. The van der Waals surface area contributed by atoms with Crippen molar-refractivity contribution in [3.05, 3.63) is 5.01 Å². The summed E-state index contributed by atoms with van der Waals surface area (Å²) in [6, 6.07) is 0. The molecule has 1 rings (SSSR count). The van der Waals surface area contributed by atoms with E-state index >= 15 is 0 Å². The molecule has 1 atom stereocenters. The van der Waals surface area contributed by atoms with Gasteiger partial charge in [0.25, 0.3) is 0 Å². The molecule has 7 heteroatoms. The van der Waals surface area contributed by atoms with Crippen molar-refractivity contribution in [1.82, 2.24) is 10.2 Å². The Bertz CT molecular complexity index is 336. The van der Waals surface area contributed by atoms with Gasteiger partial charge in [0.1, 0.15) is 10.5 Å². The van der Waals surface area contributed by atoms with Gasteiger partial charge in [-0.15, -0.1) is 10.2 Å². The Hall–Kier alpha value is -0.660. The van der Waals surface area contributed by atoms with Crippen molar-refractivity contribution in [2.24, 2.45) is 11.5 Å². The standard InChI is InChI=1S/C7H12N4OS2/c1-4-10-11-6(14-4)13-3-7(2,9)5(8)12/h3,9H2,1-2H3,(H2,8,12). The van der Waals surface area contributed by atoms with Crippen LogP contribution in [0, 0.1) is 6.92 Å². The largest absolute Gasteiger partial charge is 0.368 e. The summed E-state index contributed by atoms with van der Waals surface area (Å²) in [6.45, 7) is 3.48. The molecular formula is C7H12N4OS2. The Kier molecular flexibility index (Phi) is 3.46. The zero-order valence-electron chi connectivity index (χ0n) is 7.98. The van der Waals surface area contributed by atoms with Crippen LogP contribution in [0.1, 0.15) is 11.9 Å². The van der Waals surface area contributed by atoms with E-state index in [1.54, 1.807) is 6.92 Å². The third kappa shape index (κ3) is 2.93. The number of hydrogen-bond acceptors (Lipinski definition) is 6. The van der Waals surface area contributed by atoms with Gasteiger partial charge in [-0.1, -0.05) is 23.1 Å². The lowest BCUT2D eigenvalue weighted by molar-refractivity contribution is -0.121. The number of carbonyl (C=O) groups is 1. The molecule has 0 aliphatic carbocycles. The summed E-state index contributed by atoms with van der Waals surface area (Å²) in [7, 11) is 0. The first kappa shape index (κ1) is 11.4. The lowest BCUT2D eigenvalue weighted by atomic mass is 10.1. The van der Waals surface area contributed by atoms with Gasteiger partial charge in [-0.2, -0.15) is 0 Å². The Labute approximate surface area is 90.3 Å². The normalized spacial score (nSPS) is 15.1. The molecule has 0 saturated heterocycles. The van der Waals surface area contributed by atoms with E-state index in [4.69, 9.17) is 11.5 Å². The Morgan fingerprint density at radius 3 is 2.71 bits per heavy atom. The number of primary amides is 1. The van der Waals surface area contributed by atoms with E-state index < -0.39 is 11.4 Å². The molecule has 0 saturated carbocycles. The summed E-state index contributed by atoms with van der Waals surface area (Å²) in [5.41, 5.74) is 9.81. The van der Waals surface area contributed by atoms with E-state index in [9.17, 15) is 4.79 Å². The maximum Gasteiger partial charge on any atom is 0.238 e. The maximum absolute atomic E-state index is 10.9. The van der Waals surface area contributed by atoms with Crippen LogP contribution in [0.3, 0.4) is 0 Å². The van der Waals surface area contributed by atoms with Gasteiger partial charge in [0, 0.05) is 5.75 Å². The minimum atomic E-state index is -0.996. The smallest absolute Gasteiger partial charge is 0.238 e. The molecule has 0 aliphatic heterocycles. The second-order valence-electron chi connectivity index (χ2n) is 3.16. The molecule has 1 unspecified atom stereocenters. The molecule has 0 bridgehead atoms. The molecule has 78 valence electrons. The van der Waals surface area contributed by atoms with Gasteiger partial charge in [-0.25, -0.2) is 0 Å². The van der Waals surface area contributed by atoms with Crippen LogP contribution in [-0.2, 0) is 4.79 Å². The van der Waals surface area contributed by atoms with Gasteiger partial charge < -0.3 is 11.5 Å². The predicted octanol–water partition coefficient (Wildman–Crippen LogP) is 0.141. The van der Waals surface area contributed by atoms with Crippen molar-refractivity contribution in [2.45, 2.75) is 23.7 Å². The van der Waals surface area contributed by atoms with Crippen molar-refractivity contribution in [3.8, 4) is 0 Å². The molecule has 14 heavy (non-hydrogen) atoms. The summed E-state index contributed by atoms with van der Waals surface area (Å²) < 4.78 is 0.806. The van der Waals surface area contributed by atoms with Crippen LogP contribution in [-0.4, -0.2) is 27.4 Å². The summed E-state index contributed by atoms with van der Waals surface area (Å²) in [5, 5.41) is 8.65. The van der Waals surface area contributed by atoms with Crippen molar-refractivity contribution >= 4 is 29.0 Å². The Balaban J connectivity index is 2.52. The third-order valence-electron chi connectivity index (χ3n) is 1.57. The monoisotopic (exact) mass is 232 g/mol. The molecule has 0 radical (unpaired) electrons. The topological polar surface area (TPSA) is 94.9 Å². The molecule has 1 heterocycles. The second kappa shape index (κ2) is 4.24. The molecule has 0 aliphatic rings. The fourth-order valence-electron chi connectivity index (χ4n) is 0.620. The summed E-state index contributed by atoms with van der Waals surface area (Å²) in [6.07, 6.45) is 0. The highest BCUT2D eigenvalue weighted by molar-refractivity contribution is 8.01. The van der Waals surface area contributed by atoms with E-state index in [1.807, 2.05) is 6.92 Å². The summed E-state index contributed by atoms with van der Waals surface area (Å²) >= 11 is 2.87. The highest BCUT2D eigenvalue weighted by Gasteiger charge is 2.26. The van der Waals surface area contributed by atoms with Crippen molar-refractivity contribution < 1.29 is 4.79 Å². The lowest BCUT2D eigenvalue weighted by Crippen LogP contribution is -2.51. The van der Waals surface area contributed by atoms with E-state index in [-0.39, 0.29) is 0 Å². The van der Waals surface area contributed by atoms with E-state index in [0.717, 1.165) is 9.35 Å². The SMILES string of the molecule is Cc1nnc(SCC(C)(N)C(N)=O)s1. The number of aryl methyl sites for hydroxylation is 1. The van der Waals surface area contributed by atoms with E-state index in [1.165, 1.54) is 23.1 Å². The first-order valence-corrected chi connectivity index (χ1v) is 5.74. The number of thioether (sulfide) groups is 1. The predicted molar refractivity (Wildman–Crippen MR) is 57.2 cm³/mol. The molecule has 0 spiro atoms. The molecule has 0 aromatic carbocycles. The van der Waals surface area contributed by atoms with Crippen LogP contribution < -0.4 is 11.5 Å². The van der Waals surface area contributed by atoms with E-state index in [0.29, 0.717) is 5.75 Å². The van der Waals surface area contributed by atoms with Gasteiger partial charge in [0.2, 0.25) is 5.91 Å². The molecule has 1 aromatic heterocycles. The second-order valence-corrected chi connectivity index (χ2v) is 5.56. The van der Waals surface area contributed by atoms with Crippen molar-refractivity contribution in [2.75, 3.05) is 5.75 Å². The van der Waals surface area contributed by atoms with Crippen LogP contribution in [0.2, 0.25) is 0 Å². The van der Waals surface area contributed by atoms with Gasteiger partial charge >= 0.3 is 0 Å². The first-order chi connectivity index (χ1) is 6.42. The average Bonchev–Trinajstić information content (AvgIpc) is 2.48. The van der Waals surface area contributed by atoms with Crippen LogP contribution in [0.5, 0.6) is 0 Å². The highest BCUT2D eigenvalue weighted by atomic mass is 32.2. The fraction of sp³-hybridized carbons (Fsp3) is 0.571. The quantitative estimate of drug-likeness (QED) is 0.720. The number of rotatable bonds is 4. The molecule has 0 fully saturated rings. The number of nitrogens with zero attached hydrogens (tertiary/aromatic N) is 2. The van der Waals surface area contributed by atoms with Gasteiger partial charge in [0.15, 0.2) is 4.34 Å². The first-order valence-electron chi connectivity index (χ1n) is 3.93. The molecule has 1 aromatic rings.